The fraction of sp³-hybridized carbons (Fsp3) is 0.826. The molecule has 0 N–H and O–H groups in total. The Hall–Kier alpha value is -1.40. The molecular weight excluding hydrogens is 372 g/mol. The second-order valence-corrected chi connectivity index (χ2v) is 10.1. The lowest BCUT2D eigenvalue weighted by molar-refractivity contribution is -0.213. The highest BCUT2D eigenvalue weighted by Gasteiger charge is 2.71. The van der Waals surface area contributed by atoms with E-state index in [0.29, 0.717) is 18.3 Å². The highest BCUT2D eigenvalue weighted by Crippen LogP contribution is 2.63. The van der Waals surface area contributed by atoms with Crippen LogP contribution in [0.15, 0.2) is 12.2 Å². The van der Waals surface area contributed by atoms with Gasteiger partial charge in [-0.2, -0.15) is 0 Å². The van der Waals surface area contributed by atoms with Gasteiger partial charge in [-0.15, -0.1) is 0 Å². The van der Waals surface area contributed by atoms with E-state index < -0.39 is 30.1 Å². The standard InChI is InChI=1S/C23H34O6/c1-14-9-11-21(4)10-7-6-8-17(21)22(14,5)12-18-23(29-18)13-19(26-15(2)24)28-20(23)27-16(3)25/h7,10,14,17-20H,6,8-9,11-13H2,1-5H3/t14?,17?,18?,19-,20+,21?,22?,23?/m1/s1. The van der Waals surface area contributed by atoms with Gasteiger partial charge in [-0.25, -0.2) is 0 Å². The Morgan fingerprint density at radius 2 is 1.86 bits per heavy atom. The number of carbonyl (C=O) groups excluding carboxylic acids is 2. The number of hydrogen-bond donors (Lipinski definition) is 0. The molecule has 1 spiro atoms. The van der Waals surface area contributed by atoms with Gasteiger partial charge in [0, 0.05) is 20.3 Å². The van der Waals surface area contributed by atoms with Gasteiger partial charge in [0.2, 0.25) is 12.6 Å². The Morgan fingerprint density at radius 3 is 2.55 bits per heavy atom. The average molecular weight is 407 g/mol. The van der Waals surface area contributed by atoms with Crippen molar-refractivity contribution in [2.24, 2.45) is 22.7 Å². The zero-order valence-electron chi connectivity index (χ0n) is 18.2. The van der Waals surface area contributed by atoms with Crippen molar-refractivity contribution in [2.75, 3.05) is 0 Å². The van der Waals surface area contributed by atoms with Gasteiger partial charge in [0.25, 0.3) is 0 Å². The van der Waals surface area contributed by atoms with Gasteiger partial charge in [-0.3, -0.25) is 14.3 Å². The Morgan fingerprint density at radius 1 is 1.14 bits per heavy atom. The van der Waals surface area contributed by atoms with E-state index >= 15 is 0 Å². The number of hydrogen-bond acceptors (Lipinski definition) is 6. The molecule has 8 atom stereocenters. The van der Waals surface area contributed by atoms with E-state index in [1.54, 1.807) is 0 Å². The first kappa shape index (κ1) is 20.9. The molecule has 0 aromatic rings. The lowest BCUT2D eigenvalue weighted by atomic mass is 9.48. The molecule has 0 bridgehead atoms. The summed E-state index contributed by atoms with van der Waals surface area (Å²) in [6.07, 6.45) is 9.23. The first-order valence-electron chi connectivity index (χ1n) is 10.9. The third-order valence-electron chi connectivity index (χ3n) is 8.16. The molecule has 2 aliphatic heterocycles. The molecule has 3 fully saturated rings. The lowest BCUT2D eigenvalue weighted by Gasteiger charge is -2.56. The molecular formula is C23H34O6. The molecule has 2 saturated heterocycles. The van der Waals surface area contributed by atoms with Crippen LogP contribution in [0.3, 0.4) is 0 Å². The topological polar surface area (TPSA) is 74.4 Å². The van der Waals surface area contributed by atoms with Gasteiger partial charge in [0.15, 0.2) is 5.60 Å². The van der Waals surface area contributed by atoms with E-state index in [4.69, 9.17) is 18.9 Å². The summed E-state index contributed by atoms with van der Waals surface area (Å²) in [4.78, 5) is 23.0. The van der Waals surface area contributed by atoms with Gasteiger partial charge in [0.1, 0.15) is 0 Å². The minimum Gasteiger partial charge on any atom is -0.436 e. The summed E-state index contributed by atoms with van der Waals surface area (Å²) < 4.78 is 22.6. The summed E-state index contributed by atoms with van der Waals surface area (Å²) in [5, 5.41) is 0. The molecule has 4 rings (SSSR count). The summed E-state index contributed by atoms with van der Waals surface area (Å²) in [6.45, 7) is 9.89. The molecule has 0 radical (unpaired) electrons. The zero-order chi connectivity index (χ0) is 21.0. The summed E-state index contributed by atoms with van der Waals surface area (Å²) in [5.74, 6) is 0.355. The molecule has 1 saturated carbocycles. The van der Waals surface area contributed by atoms with Crippen molar-refractivity contribution in [1.29, 1.82) is 0 Å². The van der Waals surface area contributed by atoms with E-state index in [1.165, 1.54) is 33.1 Å². The van der Waals surface area contributed by atoms with E-state index in [9.17, 15) is 9.59 Å². The molecule has 162 valence electrons. The van der Waals surface area contributed by atoms with Crippen LogP contribution in [0.1, 0.15) is 73.1 Å². The molecule has 2 heterocycles. The second-order valence-electron chi connectivity index (χ2n) is 10.1. The van der Waals surface area contributed by atoms with E-state index in [0.717, 1.165) is 12.8 Å². The Bertz CT molecular complexity index is 718. The van der Waals surface area contributed by atoms with Gasteiger partial charge in [0.05, 0.1) is 6.10 Å². The van der Waals surface area contributed by atoms with Crippen molar-refractivity contribution in [2.45, 2.75) is 97.4 Å². The van der Waals surface area contributed by atoms with Gasteiger partial charge >= 0.3 is 11.9 Å². The van der Waals surface area contributed by atoms with Crippen molar-refractivity contribution in [3.05, 3.63) is 12.2 Å². The third-order valence-corrected chi connectivity index (χ3v) is 8.16. The fourth-order valence-corrected chi connectivity index (χ4v) is 6.37. The second kappa shape index (κ2) is 7.09. The first-order valence-corrected chi connectivity index (χ1v) is 10.9. The van der Waals surface area contributed by atoms with Crippen LogP contribution in [-0.2, 0) is 28.5 Å². The molecule has 0 aromatic carbocycles. The Labute approximate surface area is 173 Å². The first-order chi connectivity index (χ1) is 13.6. The van der Waals surface area contributed by atoms with Crippen LogP contribution in [0.4, 0.5) is 0 Å². The fourth-order valence-electron chi connectivity index (χ4n) is 6.37. The van der Waals surface area contributed by atoms with Gasteiger partial charge in [-0.05, 0) is 54.8 Å². The highest BCUT2D eigenvalue weighted by molar-refractivity contribution is 5.66. The molecule has 6 unspecified atom stereocenters. The normalized spacial score (nSPS) is 48.2. The summed E-state index contributed by atoms with van der Waals surface area (Å²) in [7, 11) is 0. The maximum atomic E-state index is 11.6. The number of carbonyl (C=O) groups is 2. The van der Waals surface area contributed by atoms with Crippen LogP contribution in [0.25, 0.3) is 0 Å². The van der Waals surface area contributed by atoms with Crippen molar-refractivity contribution in [1.82, 2.24) is 0 Å². The number of fused-ring (bicyclic) bond motifs is 1. The molecule has 2 aliphatic carbocycles. The number of allylic oxidation sites excluding steroid dienone is 2. The highest BCUT2D eigenvalue weighted by atomic mass is 16.8. The van der Waals surface area contributed by atoms with E-state index in [2.05, 4.69) is 32.9 Å². The van der Waals surface area contributed by atoms with Crippen molar-refractivity contribution >= 4 is 11.9 Å². The Kier molecular flexibility index (Phi) is 5.10. The maximum absolute atomic E-state index is 11.6. The quantitative estimate of drug-likeness (QED) is 0.397. The van der Waals surface area contributed by atoms with Crippen molar-refractivity contribution in [3.63, 3.8) is 0 Å². The molecule has 0 aromatic heterocycles. The SMILES string of the molecule is CC(=O)O[C@H]1CC2(OC2CC2(C)C(C)CCC3(C)C=CCCC32)[C@@H](OC(C)=O)O1. The summed E-state index contributed by atoms with van der Waals surface area (Å²) in [5.41, 5.74) is -0.331. The monoisotopic (exact) mass is 406 g/mol. The molecule has 6 nitrogen and oxygen atoms in total. The number of rotatable bonds is 4. The predicted molar refractivity (Wildman–Crippen MR) is 106 cm³/mol. The van der Waals surface area contributed by atoms with Crippen LogP contribution >= 0.6 is 0 Å². The van der Waals surface area contributed by atoms with E-state index in [-0.39, 0.29) is 16.9 Å². The maximum Gasteiger partial charge on any atom is 0.305 e. The zero-order valence-corrected chi connectivity index (χ0v) is 18.2. The number of ether oxygens (including phenoxy) is 4. The van der Waals surface area contributed by atoms with Crippen LogP contribution in [0.2, 0.25) is 0 Å². The van der Waals surface area contributed by atoms with Crippen molar-refractivity contribution < 1.29 is 28.5 Å². The van der Waals surface area contributed by atoms with Crippen molar-refractivity contribution in [3.8, 4) is 0 Å². The minimum absolute atomic E-state index is 0.0619. The molecule has 29 heavy (non-hydrogen) atoms. The summed E-state index contributed by atoms with van der Waals surface area (Å²) in [6, 6.07) is 0. The smallest absolute Gasteiger partial charge is 0.305 e. The lowest BCUT2D eigenvalue weighted by Crippen LogP contribution is -2.49. The van der Waals surface area contributed by atoms with Gasteiger partial charge in [-0.1, -0.05) is 32.9 Å². The van der Waals surface area contributed by atoms with Gasteiger partial charge < -0.3 is 14.2 Å². The average Bonchev–Trinajstić information content (AvgIpc) is 3.19. The Balaban J connectivity index is 1.54. The molecule has 6 heteroatoms. The van der Waals surface area contributed by atoms with Crippen LogP contribution in [-0.4, -0.2) is 36.2 Å². The van der Waals surface area contributed by atoms with E-state index in [1.807, 2.05) is 0 Å². The van der Waals surface area contributed by atoms with Crippen LogP contribution in [0.5, 0.6) is 0 Å². The predicted octanol–water partition coefficient (Wildman–Crippen LogP) is 4.12. The number of epoxide rings is 1. The largest absolute Gasteiger partial charge is 0.436 e. The minimum atomic E-state index is -0.825. The van der Waals surface area contributed by atoms with Crippen LogP contribution < -0.4 is 0 Å². The molecule has 4 aliphatic rings. The number of esters is 2. The molecule has 0 amide bonds. The third kappa shape index (κ3) is 3.52. The van der Waals surface area contributed by atoms with Crippen LogP contribution in [0, 0.1) is 22.7 Å². The summed E-state index contributed by atoms with van der Waals surface area (Å²) >= 11 is 0.